The quantitative estimate of drug-likeness (QED) is 0.826. The number of rotatable bonds is 1. The Bertz CT molecular complexity index is 654. The van der Waals surface area contributed by atoms with Crippen LogP contribution in [-0.2, 0) is 10.9 Å². The zero-order chi connectivity index (χ0) is 15.9. The van der Waals surface area contributed by atoms with Crippen molar-refractivity contribution < 1.29 is 32.6 Å². The van der Waals surface area contributed by atoms with Crippen molar-refractivity contribution in [2.24, 2.45) is 0 Å². The standard InChI is InChI=1S/C11H9F3N2O5/c1-4-8(21-10(20)16(4)9(18)19)6-2-5(11(12,13)14)3-7(17)15-6/h2-4,8H,1H3,(H,15,17)(H,18,19)/t4-,8-/m0/s1. The summed E-state index contributed by atoms with van der Waals surface area (Å²) in [6.07, 6.45) is -8.87. The maximum Gasteiger partial charge on any atom is 0.420 e. The lowest BCUT2D eigenvalue weighted by Crippen LogP contribution is -2.36. The molecule has 2 N–H and O–H groups in total. The van der Waals surface area contributed by atoms with Gasteiger partial charge in [0.15, 0.2) is 6.10 Å². The first-order valence-corrected chi connectivity index (χ1v) is 5.65. The number of cyclic esters (lactones) is 1. The number of aromatic nitrogens is 1. The highest BCUT2D eigenvalue weighted by Crippen LogP contribution is 2.34. The molecule has 0 aromatic carbocycles. The van der Waals surface area contributed by atoms with Crippen LogP contribution in [0.15, 0.2) is 16.9 Å². The molecule has 1 aliphatic heterocycles. The molecule has 1 fully saturated rings. The van der Waals surface area contributed by atoms with Gasteiger partial charge in [0.25, 0.3) is 0 Å². The summed E-state index contributed by atoms with van der Waals surface area (Å²) in [7, 11) is 0. The van der Waals surface area contributed by atoms with Crippen molar-refractivity contribution in [2.45, 2.75) is 25.2 Å². The summed E-state index contributed by atoms with van der Waals surface area (Å²) in [5.41, 5.74) is -2.56. The van der Waals surface area contributed by atoms with Crippen molar-refractivity contribution in [1.82, 2.24) is 9.88 Å². The topological polar surface area (TPSA) is 99.7 Å². The molecule has 2 amide bonds. The van der Waals surface area contributed by atoms with E-state index in [1.54, 1.807) is 0 Å². The van der Waals surface area contributed by atoms with Crippen LogP contribution in [0.5, 0.6) is 0 Å². The van der Waals surface area contributed by atoms with E-state index in [4.69, 9.17) is 9.84 Å². The number of hydrogen-bond acceptors (Lipinski definition) is 4. The van der Waals surface area contributed by atoms with E-state index in [1.165, 1.54) is 6.92 Å². The van der Waals surface area contributed by atoms with Crippen LogP contribution in [0.25, 0.3) is 0 Å². The SMILES string of the molecule is C[C@H]1[C@@H](c2cc(C(F)(F)F)cc(=O)[nH]2)OC(=O)N1C(=O)O. The van der Waals surface area contributed by atoms with Crippen LogP contribution < -0.4 is 5.56 Å². The van der Waals surface area contributed by atoms with Crippen molar-refractivity contribution in [2.75, 3.05) is 0 Å². The number of nitrogens with one attached hydrogen (secondary N) is 1. The highest BCUT2D eigenvalue weighted by molar-refractivity contribution is 5.88. The van der Waals surface area contributed by atoms with Gasteiger partial charge in [0.1, 0.15) is 0 Å². The predicted molar refractivity (Wildman–Crippen MR) is 60.6 cm³/mol. The Morgan fingerprint density at radius 1 is 1.38 bits per heavy atom. The molecule has 1 aromatic rings. The number of carboxylic acid groups (broad SMARTS) is 1. The lowest BCUT2D eigenvalue weighted by atomic mass is 10.1. The molecule has 1 aliphatic rings. The van der Waals surface area contributed by atoms with E-state index in [0.29, 0.717) is 17.0 Å². The van der Waals surface area contributed by atoms with E-state index in [-0.39, 0.29) is 5.69 Å². The number of aromatic amines is 1. The minimum absolute atomic E-state index is 0.320. The molecule has 1 aromatic heterocycles. The van der Waals surface area contributed by atoms with E-state index >= 15 is 0 Å². The molecular formula is C11H9F3N2O5. The summed E-state index contributed by atoms with van der Waals surface area (Å²) in [6.45, 7) is 1.28. The molecule has 0 saturated carbocycles. The van der Waals surface area contributed by atoms with Crippen LogP contribution in [0.4, 0.5) is 22.8 Å². The van der Waals surface area contributed by atoms with Gasteiger partial charge in [0.05, 0.1) is 17.3 Å². The third-order valence-electron chi connectivity index (χ3n) is 2.97. The Labute approximate surface area is 114 Å². The molecule has 7 nitrogen and oxygen atoms in total. The van der Waals surface area contributed by atoms with Gasteiger partial charge in [-0.1, -0.05) is 0 Å². The number of hydrogen-bond donors (Lipinski definition) is 2. The van der Waals surface area contributed by atoms with Crippen molar-refractivity contribution in [3.8, 4) is 0 Å². The Balaban J connectivity index is 2.44. The third kappa shape index (κ3) is 2.69. The first-order chi connectivity index (χ1) is 9.61. The molecular weight excluding hydrogens is 297 g/mol. The van der Waals surface area contributed by atoms with Crippen molar-refractivity contribution in [3.05, 3.63) is 33.7 Å². The van der Waals surface area contributed by atoms with Gasteiger partial charge in [-0.15, -0.1) is 0 Å². The zero-order valence-electron chi connectivity index (χ0n) is 10.5. The number of imide groups is 1. The lowest BCUT2D eigenvalue weighted by Gasteiger charge is -2.17. The van der Waals surface area contributed by atoms with E-state index in [0.717, 1.165) is 0 Å². The molecule has 0 unspecified atom stereocenters. The van der Waals surface area contributed by atoms with Gasteiger partial charge in [-0.3, -0.25) is 4.79 Å². The predicted octanol–water partition coefficient (Wildman–Crippen LogP) is 1.95. The molecule has 0 bridgehead atoms. The molecule has 0 spiro atoms. The Kier molecular flexibility index (Phi) is 3.39. The third-order valence-corrected chi connectivity index (χ3v) is 2.97. The van der Waals surface area contributed by atoms with E-state index in [1.807, 2.05) is 0 Å². The van der Waals surface area contributed by atoms with Gasteiger partial charge < -0.3 is 14.8 Å². The summed E-state index contributed by atoms with van der Waals surface area (Å²) in [6, 6.07) is -0.102. The second-order valence-electron chi connectivity index (χ2n) is 4.38. The molecule has 114 valence electrons. The summed E-state index contributed by atoms with van der Waals surface area (Å²) >= 11 is 0. The van der Waals surface area contributed by atoms with E-state index < -0.39 is 41.6 Å². The van der Waals surface area contributed by atoms with Crippen LogP contribution in [0.1, 0.15) is 24.3 Å². The minimum atomic E-state index is -4.75. The summed E-state index contributed by atoms with van der Waals surface area (Å²) in [5, 5.41) is 8.83. The van der Waals surface area contributed by atoms with E-state index in [2.05, 4.69) is 4.98 Å². The van der Waals surface area contributed by atoms with Gasteiger partial charge >= 0.3 is 18.4 Å². The number of halogens is 3. The van der Waals surface area contributed by atoms with Crippen molar-refractivity contribution in [1.29, 1.82) is 0 Å². The Hall–Kier alpha value is -2.52. The normalized spacial score (nSPS) is 22.3. The fourth-order valence-electron chi connectivity index (χ4n) is 2.02. The van der Waals surface area contributed by atoms with Crippen LogP contribution in [0.3, 0.4) is 0 Å². The van der Waals surface area contributed by atoms with Crippen molar-refractivity contribution >= 4 is 12.2 Å². The number of carbonyl (C=O) groups excluding carboxylic acids is 1. The monoisotopic (exact) mass is 306 g/mol. The second kappa shape index (κ2) is 4.79. The van der Waals surface area contributed by atoms with Crippen LogP contribution >= 0.6 is 0 Å². The smallest absolute Gasteiger partial charge is 0.420 e. The molecule has 1 saturated heterocycles. The highest BCUT2D eigenvalue weighted by Gasteiger charge is 2.45. The molecule has 2 atom stereocenters. The molecule has 0 radical (unpaired) electrons. The Morgan fingerprint density at radius 3 is 2.48 bits per heavy atom. The first-order valence-electron chi connectivity index (χ1n) is 5.65. The van der Waals surface area contributed by atoms with Crippen LogP contribution in [0, 0.1) is 0 Å². The molecule has 0 aliphatic carbocycles. The largest absolute Gasteiger partial charge is 0.465 e. The number of pyridine rings is 1. The minimum Gasteiger partial charge on any atom is -0.465 e. The molecule has 10 heteroatoms. The van der Waals surface area contributed by atoms with Crippen LogP contribution in [-0.4, -0.2) is 33.2 Å². The molecule has 2 heterocycles. The van der Waals surface area contributed by atoms with E-state index in [9.17, 15) is 27.6 Å². The number of H-pyrrole nitrogens is 1. The summed E-state index contributed by atoms with van der Waals surface area (Å²) < 4.78 is 42.7. The van der Waals surface area contributed by atoms with Crippen LogP contribution in [0.2, 0.25) is 0 Å². The van der Waals surface area contributed by atoms with Gasteiger partial charge in [0, 0.05) is 6.07 Å². The van der Waals surface area contributed by atoms with Crippen molar-refractivity contribution in [3.63, 3.8) is 0 Å². The summed E-state index contributed by atoms with van der Waals surface area (Å²) in [5.74, 6) is 0. The number of ether oxygens (including phenoxy) is 1. The maximum atomic E-state index is 12.6. The molecule has 2 rings (SSSR count). The molecule has 21 heavy (non-hydrogen) atoms. The fourth-order valence-corrected chi connectivity index (χ4v) is 2.02. The first kappa shape index (κ1) is 14.9. The lowest BCUT2D eigenvalue weighted by molar-refractivity contribution is -0.137. The number of amides is 2. The average molecular weight is 306 g/mol. The highest BCUT2D eigenvalue weighted by atomic mass is 19.4. The average Bonchev–Trinajstić information content (AvgIpc) is 2.62. The maximum absolute atomic E-state index is 12.6. The van der Waals surface area contributed by atoms with Gasteiger partial charge in [-0.25, -0.2) is 14.5 Å². The Morgan fingerprint density at radius 2 is 2.00 bits per heavy atom. The fraction of sp³-hybridized carbons (Fsp3) is 0.364. The van der Waals surface area contributed by atoms with Gasteiger partial charge in [-0.05, 0) is 13.0 Å². The number of carbonyl (C=O) groups is 2. The van der Waals surface area contributed by atoms with Gasteiger partial charge in [0.2, 0.25) is 5.56 Å². The zero-order valence-corrected chi connectivity index (χ0v) is 10.5. The number of alkyl halides is 3. The summed E-state index contributed by atoms with van der Waals surface area (Å²) in [4.78, 5) is 36.0. The number of nitrogens with zero attached hydrogens (tertiary/aromatic N) is 1. The second-order valence-corrected chi connectivity index (χ2v) is 4.38. The van der Waals surface area contributed by atoms with Gasteiger partial charge in [-0.2, -0.15) is 13.2 Å².